The number of nitrogens with one attached hydrogen (secondary N) is 1. The lowest BCUT2D eigenvalue weighted by Gasteiger charge is -2.07. The molecular formula is C22H16N4O3S. The average Bonchev–Trinajstić information content (AvgIpc) is 3.18. The normalized spacial score (nSPS) is 11.3. The van der Waals surface area contributed by atoms with Gasteiger partial charge in [-0.25, -0.2) is 9.36 Å². The first-order valence-corrected chi connectivity index (χ1v) is 10.0. The van der Waals surface area contributed by atoms with E-state index in [9.17, 15) is 9.59 Å². The SMILES string of the molecule is COc1cnc(C)c(-c2cc3[nH]c(=O)n(-c4cncc5ccccc45)c(=O)c3s2)c1. The Hall–Kier alpha value is -3.78. The molecule has 0 saturated heterocycles. The van der Waals surface area contributed by atoms with Gasteiger partial charge in [0.2, 0.25) is 0 Å². The molecule has 0 spiro atoms. The van der Waals surface area contributed by atoms with Crippen molar-refractivity contribution in [1.29, 1.82) is 0 Å². The van der Waals surface area contributed by atoms with Gasteiger partial charge < -0.3 is 9.72 Å². The van der Waals surface area contributed by atoms with Crippen molar-refractivity contribution in [3.8, 4) is 21.9 Å². The van der Waals surface area contributed by atoms with Crippen LogP contribution in [0.1, 0.15) is 5.69 Å². The van der Waals surface area contributed by atoms with E-state index in [2.05, 4.69) is 15.0 Å². The van der Waals surface area contributed by atoms with Gasteiger partial charge in [0.15, 0.2) is 0 Å². The fourth-order valence-electron chi connectivity index (χ4n) is 3.51. The molecule has 0 aliphatic carbocycles. The highest BCUT2D eigenvalue weighted by atomic mass is 32.1. The molecule has 1 aromatic carbocycles. The molecule has 7 nitrogen and oxygen atoms in total. The summed E-state index contributed by atoms with van der Waals surface area (Å²) in [5, 5.41) is 1.63. The van der Waals surface area contributed by atoms with Crippen molar-refractivity contribution in [1.82, 2.24) is 19.5 Å². The lowest BCUT2D eigenvalue weighted by molar-refractivity contribution is 0.413. The second-order valence-electron chi connectivity index (χ2n) is 6.81. The van der Waals surface area contributed by atoms with Crippen LogP contribution in [0.3, 0.4) is 0 Å². The molecule has 0 aliphatic heterocycles. The molecule has 0 atom stereocenters. The summed E-state index contributed by atoms with van der Waals surface area (Å²) in [4.78, 5) is 38.4. The van der Waals surface area contributed by atoms with Gasteiger partial charge in [-0.15, -0.1) is 11.3 Å². The van der Waals surface area contributed by atoms with Crippen molar-refractivity contribution in [2.45, 2.75) is 6.92 Å². The molecule has 0 bridgehead atoms. The quantitative estimate of drug-likeness (QED) is 0.485. The van der Waals surface area contributed by atoms with Crippen LogP contribution in [0.2, 0.25) is 0 Å². The standard InChI is InChI=1S/C22H16N4O3S/c1-12-16(7-14(29-2)10-24-12)19-8-17-20(30-19)21(27)26(22(28)25-17)18-11-23-9-13-5-3-4-6-15(13)18/h3-11H,1-2H3,(H,25,28). The highest BCUT2D eigenvalue weighted by molar-refractivity contribution is 7.22. The number of H-pyrrole nitrogens is 1. The van der Waals surface area contributed by atoms with Crippen LogP contribution in [0.15, 0.2) is 64.6 Å². The highest BCUT2D eigenvalue weighted by Crippen LogP contribution is 2.34. The van der Waals surface area contributed by atoms with Crippen LogP contribution in [0.4, 0.5) is 0 Å². The molecule has 0 amide bonds. The van der Waals surface area contributed by atoms with Crippen LogP contribution >= 0.6 is 11.3 Å². The van der Waals surface area contributed by atoms with Crippen LogP contribution < -0.4 is 16.0 Å². The Morgan fingerprint density at radius 3 is 2.77 bits per heavy atom. The van der Waals surface area contributed by atoms with Gasteiger partial charge in [-0.05, 0) is 19.1 Å². The number of ether oxygens (including phenoxy) is 1. The van der Waals surface area contributed by atoms with Crippen molar-refractivity contribution in [3.63, 3.8) is 0 Å². The number of aryl methyl sites for hydroxylation is 1. The fourth-order valence-corrected chi connectivity index (χ4v) is 4.62. The van der Waals surface area contributed by atoms with Crippen molar-refractivity contribution in [3.05, 3.63) is 81.5 Å². The van der Waals surface area contributed by atoms with Gasteiger partial charge in [-0.1, -0.05) is 24.3 Å². The van der Waals surface area contributed by atoms with E-state index in [4.69, 9.17) is 4.74 Å². The Bertz CT molecular complexity index is 1540. The Morgan fingerprint density at radius 1 is 1.10 bits per heavy atom. The topological polar surface area (TPSA) is 89.9 Å². The zero-order chi connectivity index (χ0) is 20.8. The average molecular weight is 416 g/mol. The molecule has 0 saturated carbocycles. The van der Waals surface area contributed by atoms with E-state index < -0.39 is 5.69 Å². The van der Waals surface area contributed by atoms with Gasteiger partial charge in [0.05, 0.1) is 30.7 Å². The van der Waals surface area contributed by atoms with Crippen LogP contribution in [-0.4, -0.2) is 26.6 Å². The molecule has 4 aromatic heterocycles. The van der Waals surface area contributed by atoms with E-state index in [1.807, 2.05) is 37.3 Å². The molecule has 0 aliphatic rings. The van der Waals surface area contributed by atoms with Crippen LogP contribution in [0.5, 0.6) is 5.75 Å². The van der Waals surface area contributed by atoms with Crippen molar-refractivity contribution in [2.24, 2.45) is 0 Å². The van der Waals surface area contributed by atoms with Crippen molar-refractivity contribution in [2.75, 3.05) is 7.11 Å². The molecule has 8 heteroatoms. The Labute approximate surface area is 174 Å². The summed E-state index contributed by atoms with van der Waals surface area (Å²) < 4.78 is 6.88. The molecular weight excluding hydrogens is 400 g/mol. The third-order valence-corrected chi connectivity index (χ3v) is 6.18. The number of hydrogen-bond donors (Lipinski definition) is 1. The van der Waals surface area contributed by atoms with E-state index in [0.717, 1.165) is 31.5 Å². The summed E-state index contributed by atoms with van der Waals surface area (Å²) in [6.45, 7) is 1.89. The van der Waals surface area contributed by atoms with E-state index in [0.29, 0.717) is 21.7 Å². The maximum Gasteiger partial charge on any atom is 0.333 e. The minimum Gasteiger partial charge on any atom is -0.495 e. The molecule has 1 N–H and O–H groups in total. The van der Waals surface area contributed by atoms with Crippen LogP contribution in [-0.2, 0) is 0 Å². The second-order valence-corrected chi connectivity index (χ2v) is 7.86. The maximum atomic E-state index is 13.3. The van der Waals surface area contributed by atoms with Crippen molar-refractivity contribution >= 4 is 32.3 Å². The first-order chi connectivity index (χ1) is 14.6. The number of methoxy groups -OCH3 is 1. The number of rotatable bonds is 3. The summed E-state index contributed by atoms with van der Waals surface area (Å²) in [6.07, 6.45) is 4.89. The number of fused-ring (bicyclic) bond motifs is 2. The summed E-state index contributed by atoms with van der Waals surface area (Å²) in [6, 6.07) is 11.2. The minimum atomic E-state index is -0.504. The lowest BCUT2D eigenvalue weighted by Crippen LogP contribution is -2.33. The lowest BCUT2D eigenvalue weighted by atomic mass is 10.1. The summed E-state index contributed by atoms with van der Waals surface area (Å²) in [5.74, 6) is 0.626. The summed E-state index contributed by atoms with van der Waals surface area (Å²) >= 11 is 1.31. The molecule has 148 valence electrons. The molecule has 0 fully saturated rings. The molecule has 4 heterocycles. The number of aromatic nitrogens is 4. The predicted octanol–water partition coefficient (Wildman–Crippen LogP) is 3.67. The smallest absolute Gasteiger partial charge is 0.333 e. The van der Waals surface area contributed by atoms with E-state index in [1.54, 1.807) is 25.6 Å². The van der Waals surface area contributed by atoms with Gasteiger partial charge in [-0.2, -0.15) is 0 Å². The number of benzene rings is 1. The van der Waals surface area contributed by atoms with Gasteiger partial charge in [0.1, 0.15) is 10.4 Å². The van der Waals surface area contributed by atoms with Gasteiger partial charge in [0.25, 0.3) is 5.56 Å². The highest BCUT2D eigenvalue weighted by Gasteiger charge is 2.17. The van der Waals surface area contributed by atoms with E-state index >= 15 is 0 Å². The summed E-state index contributed by atoms with van der Waals surface area (Å²) in [7, 11) is 1.58. The van der Waals surface area contributed by atoms with Crippen molar-refractivity contribution < 1.29 is 4.74 Å². The first-order valence-electron chi connectivity index (χ1n) is 9.20. The largest absolute Gasteiger partial charge is 0.495 e. The monoisotopic (exact) mass is 416 g/mol. The Kier molecular flexibility index (Phi) is 4.22. The third kappa shape index (κ3) is 2.81. The minimum absolute atomic E-state index is 0.378. The number of nitrogens with zero attached hydrogens (tertiary/aromatic N) is 3. The number of thiophene rings is 1. The summed E-state index contributed by atoms with van der Waals surface area (Å²) in [5.41, 5.74) is 1.73. The number of aromatic amines is 1. The molecule has 30 heavy (non-hydrogen) atoms. The molecule has 5 rings (SSSR count). The first kappa shape index (κ1) is 18.3. The second kappa shape index (κ2) is 6.93. The Balaban J connectivity index is 1.78. The maximum absolute atomic E-state index is 13.3. The van der Waals surface area contributed by atoms with Gasteiger partial charge in [-0.3, -0.25) is 14.8 Å². The number of pyridine rings is 2. The van der Waals surface area contributed by atoms with Gasteiger partial charge >= 0.3 is 5.69 Å². The van der Waals surface area contributed by atoms with E-state index in [1.165, 1.54) is 17.5 Å². The predicted molar refractivity (Wildman–Crippen MR) is 118 cm³/mol. The molecule has 5 aromatic rings. The fraction of sp³-hybridized carbons (Fsp3) is 0.0909. The number of hydrogen-bond acceptors (Lipinski definition) is 6. The molecule has 0 unspecified atom stereocenters. The third-order valence-electron chi connectivity index (χ3n) is 5.03. The molecule has 0 radical (unpaired) electrons. The van der Waals surface area contributed by atoms with Gasteiger partial charge in [0, 0.05) is 33.1 Å². The zero-order valence-electron chi connectivity index (χ0n) is 16.2. The van der Waals surface area contributed by atoms with Crippen LogP contribution in [0.25, 0.3) is 37.1 Å². The Morgan fingerprint density at radius 2 is 1.93 bits per heavy atom. The van der Waals surface area contributed by atoms with Crippen LogP contribution in [0, 0.1) is 6.92 Å². The zero-order valence-corrected chi connectivity index (χ0v) is 17.0. The van der Waals surface area contributed by atoms with E-state index in [-0.39, 0.29) is 5.56 Å².